The number of imide groups is 1. The second-order valence-corrected chi connectivity index (χ2v) is 4.55. The maximum Gasteiger partial charge on any atom is 0.238 e. The van der Waals surface area contributed by atoms with Gasteiger partial charge in [-0.3, -0.25) is 19.4 Å². The highest BCUT2D eigenvalue weighted by molar-refractivity contribution is 6.06. The molecule has 2 rings (SSSR count). The standard InChI is InChI=1S/C13H16N2O2/c1-14(2)9-15-12(16)8-11(13(15)17)10-6-4-3-5-7-10/h3-7,11H,8-9H2,1-2H3. The lowest BCUT2D eigenvalue weighted by Gasteiger charge is -2.19. The maximum absolute atomic E-state index is 12.1. The van der Waals surface area contributed by atoms with Crippen LogP contribution in [-0.2, 0) is 9.59 Å². The number of hydrogen-bond acceptors (Lipinski definition) is 3. The van der Waals surface area contributed by atoms with E-state index < -0.39 is 0 Å². The minimum atomic E-state index is -0.302. The second kappa shape index (κ2) is 4.67. The zero-order chi connectivity index (χ0) is 12.4. The fourth-order valence-corrected chi connectivity index (χ4v) is 2.06. The van der Waals surface area contributed by atoms with Crippen LogP contribution in [0.1, 0.15) is 17.9 Å². The highest BCUT2D eigenvalue weighted by Gasteiger charge is 2.39. The van der Waals surface area contributed by atoms with Crippen LogP contribution in [0, 0.1) is 0 Å². The minimum Gasteiger partial charge on any atom is -0.292 e. The van der Waals surface area contributed by atoms with Crippen LogP contribution in [0.3, 0.4) is 0 Å². The lowest BCUT2D eigenvalue weighted by Crippen LogP contribution is -2.38. The Kier molecular flexibility index (Phi) is 3.24. The molecule has 17 heavy (non-hydrogen) atoms. The van der Waals surface area contributed by atoms with Gasteiger partial charge >= 0.3 is 0 Å². The molecule has 1 saturated heterocycles. The number of hydrogen-bond donors (Lipinski definition) is 0. The third kappa shape index (κ3) is 2.36. The molecule has 0 aromatic heterocycles. The molecular formula is C13H16N2O2. The molecule has 4 heteroatoms. The molecule has 2 amide bonds. The van der Waals surface area contributed by atoms with Crippen molar-refractivity contribution in [2.75, 3.05) is 20.8 Å². The molecule has 1 heterocycles. The van der Waals surface area contributed by atoms with Crippen LogP contribution in [0.2, 0.25) is 0 Å². The molecular weight excluding hydrogens is 216 g/mol. The number of amides is 2. The summed E-state index contributed by atoms with van der Waals surface area (Å²) in [6, 6.07) is 9.48. The van der Waals surface area contributed by atoms with E-state index in [1.807, 2.05) is 49.3 Å². The largest absolute Gasteiger partial charge is 0.292 e. The van der Waals surface area contributed by atoms with Gasteiger partial charge in [0, 0.05) is 6.42 Å². The molecule has 1 aliphatic heterocycles. The molecule has 0 saturated carbocycles. The number of rotatable bonds is 3. The van der Waals surface area contributed by atoms with Gasteiger partial charge in [0.25, 0.3) is 0 Å². The van der Waals surface area contributed by atoms with Crippen LogP contribution in [0.5, 0.6) is 0 Å². The van der Waals surface area contributed by atoms with Crippen molar-refractivity contribution in [3.63, 3.8) is 0 Å². The van der Waals surface area contributed by atoms with E-state index in [0.29, 0.717) is 6.67 Å². The van der Waals surface area contributed by atoms with Gasteiger partial charge in [0.1, 0.15) is 0 Å². The van der Waals surface area contributed by atoms with Crippen LogP contribution in [0.4, 0.5) is 0 Å². The van der Waals surface area contributed by atoms with Gasteiger partial charge in [0.15, 0.2) is 0 Å². The Morgan fingerprint density at radius 2 is 1.88 bits per heavy atom. The van der Waals surface area contributed by atoms with Crippen molar-refractivity contribution in [3.05, 3.63) is 35.9 Å². The van der Waals surface area contributed by atoms with E-state index in [-0.39, 0.29) is 24.2 Å². The van der Waals surface area contributed by atoms with Crippen molar-refractivity contribution < 1.29 is 9.59 Å². The van der Waals surface area contributed by atoms with Crippen LogP contribution in [0.25, 0.3) is 0 Å². The normalized spacial score (nSPS) is 20.4. The minimum absolute atomic E-state index is 0.0856. The van der Waals surface area contributed by atoms with E-state index in [4.69, 9.17) is 0 Å². The first kappa shape index (κ1) is 11.8. The highest BCUT2D eigenvalue weighted by atomic mass is 16.2. The topological polar surface area (TPSA) is 40.6 Å². The molecule has 1 fully saturated rings. The number of carbonyl (C=O) groups excluding carboxylic acids is 2. The van der Waals surface area contributed by atoms with Gasteiger partial charge in [0.05, 0.1) is 12.6 Å². The predicted molar refractivity (Wildman–Crippen MR) is 64.2 cm³/mol. The molecule has 0 spiro atoms. The lowest BCUT2D eigenvalue weighted by atomic mass is 9.98. The quantitative estimate of drug-likeness (QED) is 0.731. The summed E-state index contributed by atoms with van der Waals surface area (Å²) in [4.78, 5) is 27.1. The average Bonchev–Trinajstić information content (AvgIpc) is 2.58. The van der Waals surface area contributed by atoms with Crippen LogP contribution >= 0.6 is 0 Å². The van der Waals surface area contributed by atoms with Crippen molar-refractivity contribution in [3.8, 4) is 0 Å². The SMILES string of the molecule is CN(C)CN1C(=O)CC(c2ccccc2)C1=O. The van der Waals surface area contributed by atoms with E-state index in [2.05, 4.69) is 0 Å². The Morgan fingerprint density at radius 1 is 1.24 bits per heavy atom. The summed E-state index contributed by atoms with van der Waals surface area (Å²) in [5.41, 5.74) is 0.923. The number of likely N-dealkylation sites (tertiary alicyclic amines) is 1. The molecule has 1 aromatic rings. The summed E-state index contributed by atoms with van der Waals surface area (Å²) in [5, 5.41) is 0. The molecule has 0 radical (unpaired) electrons. The van der Waals surface area contributed by atoms with Crippen LogP contribution in [-0.4, -0.2) is 42.4 Å². The molecule has 0 aliphatic carbocycles. The van der Waals surface area contributed by atoms with Crippen molar-refractivity contribution >= 4 is 11.8 Å². The highest BCUT2D eigenvalue weighted by Crippen LogP contribution is 2.29. The molecule has 0 bridgehead atoms. The van der Waals surface area contributed by atoms with Crippen molar-refractivity contribution in [1.82, 2.24) is 9.80 Å². The lowest BCUT2D eigenvalue weighted by molar-refractivity contribution is -0.140. The fourth-order valence-electron chi connectivity index (χ4n) is 2.06. The first-order chi connectivity index (χ1) is 8.09. The van der Waals surface area contributed by atoms with Crippen molar-refractivity contribution in [2.45, 2.75) is 12.3 Å². The van der Waals surface area contributed by atoms with Gasteiger partial charge in [-0.15, -0.1) is 0 Å². The average molecular weight is 232 g/mol. The number of benzene rings is 1. The van der Waals surface area contributed by atoms with Crippen molar-refractivity contribution in [1.29, 1.82) is 0 Å². The fraction of sp³-hybridized carbons (Fsp3) is 0.385. The number of nitrogens with zero attached hydrogens (tertiary/aromatic N) is 2. The van der Waals surface area contributed by atoms with Crippen LogP contribution < -0.4 is 0 Å². The summed E-state index contributed by atoms with van der Waals surface area (Å²) < 4.78 is 0. The van der Waals surface area contributed by atoms with E-state index >= 15 is 0 Å². The molecule has 1 unspecified atom stereocenters. The van der Waals surface area contributed by atoms with Gasteiger partial charge in [-0.2, -0.15) is 0 Å². The summed E-state index contributed by atoms with van der Waals surface area (Å²) in [6.07, 6.45) is 0.288. The molecule has 1 atom stereocenters. The number of carbonyl (C=O) groups is 2. The van der Waals surface area contributed by atoms with Crippen molar-refractivity contribution in [2.24, 2.45) is 0 Å². The smallest absolute Gasteiger partial charge is 0.238 e. The maximum atomic E-state index is 12.1. The summed E-state index contributed by atoms with van der Waals surface area (Å²) >= 11 is 0. The predicted octanol–water partition coefficient (Wildman–Crippen LogP) is 1.05. The second-order valence-electron chi connectivity index (χ2n) is 4.55. The summed E-state index contributed by atoms with van der Waals surface area (Å²) in [6.45, 7) is 0.362. The van der Waals surface area contributed by atoms with E-state index in [0.717, 1.165) is 5.56 Å². The third-order valence-corrected chi connectivity index (χ3v) is 2.87. The molecule has 1 aliphatic rings. The van der Waals surface area contributed by atoms with Gasteiger partial charge in [-0.05, 0) is 19.7 Å². The monoisotopic (exact) mass is 232 g/mol. The Bertz CT molecular complexity index is 428. The Labute approximate surface area is 101 Å². The Balaban J connectivity index is 2.19. The first-order valence-electron chi connectivity index (χ1n) is 5.63. The molecule has 0 N–H and O–H groups in total. The third-order valence-electron chi connectivity index (χ3n) is 2.87. The molecule has 90 valence electrons. The van der Waals surface area contributed by atoms with Crippen LogP contribution in [0.15, 0.2) is 30.3 Å². The van der Waals surface area contributed by atoms with Gasteiger partial charge in [-0.25, -0.2) is 0 Å². The van der Waals surface area contributed by atoms with Gasteiger partial charge < -0.3 is 0 Å². The molecule has 1 aromatic carbocycles. The Morgan fingerprint density at radius 3 is 2.47 bits per heavy atom. The zero-order valence-corrected chi connectivity index (χ0v) is 10.1. The summed E-state index contributed by atoms with van der Waals surface area (Å²) in [5.74, 6) is -0.476. The van der Waals surface area contributed by atoms with Gasteiger partial charge in [0.2, 0.25) is 11.8 Å². The first-order valence-corrected chi connectivity index (χ1v) is 5.63. The van der Waals surface area contributed by atoms with E-state index in [1.54, 1.807) is 0 Å². The van der Waals surface area contributed by atoms with E-state index in [9.17, 15) is 9.59 Å². The van der Waals surface area contributed by atoms with Gasteiger partial charge in [-0.1, -0.05) is 30.3 Å². The molecule has 4 nitrogen and oxygen atoms in total. The zero-order valence-electron chi connectivity index (χ0n) is 10.1. The summed E-state index contributed by atoms with van der Waals surface area (Å²) in [7, 11) is 3.69. The Hall–Kier alpha value is -1.68. The van der Waals surface area contributed by atoms with E-state index in [1.165, 1.54) is 4.90 Å².